The predicted molar refractivity (Wildman–Crippen MR) is 113 cm³/mol. The first kappa shape index (κ1) is 29.9. The molecule has 4 heterocycles. The lowest BCUT2D eigenvalue weighted by Crippen LogP contribution is -2.47. The van der Waals surface area contributed by atoms with E-state index in [4.69, 9.17) is 33.7 Å². The van der Waals surface area contributed by atoms with E-state index in [0.717, 1.165) is 44.6 Å². The number of carboxylic acids is 2. The molecule has 1 spiro atoms. The number of alkyl halides is 6. The van der Waals surface area contributed by atoms with Gasteiger partial charge in [-0.15, -0.1) is 0 Å². The Balaban J connectivity index is 0.000000286. The molecule has 2 aliphatic rings. The number of piperidine rings is 1. The molecule has 37 heavy (non-hydrogen) atoms. The average molecular weight is 542 g/mol. The maximum absolute atomic E-state index is 10.6. The maximum atomic E-state index is 10.6. The van der Waals surface area contributed by atoms with Crippen molar-refractivity contribution >= 4 is 11.9 Å². The highest BCUT2D eigenvalue weighted by Crippen LogP contribution is 2.36. The van der Waals surface area contributed by atoms with E-state index in [0.29, 0.717) is 6.61 Å². The van der Waals surface area contributed by atoms with Gasteiger partial charge in [-0.2, -0.15) is 26.3 Å². The van der Waals surface area contributed by atoms with Crippen molar-refractivity contribution in [3.63, 3.8) is 0 Å². The molecular weight excluding hydrogens is 518 g/mol. The molecule has 0 aromatic carbocycles. The van der Waals surface area contributed by atoms with Gasteiger partial charge in [-0.05, 0) is 37.6 Å². The van der Waals surface area contributed by atoms with Crippen LogP contribution in [-0.4, -0.2) is 75.8 Å². The number of carboxylic acid groups (broad SMARTS) is 2. The fourth-order valence-corrected chi connectivity index (χ4v) is 3.74. The topological polar surface area (TPSA) is 122 Å². The lowest BCUT2D eigenvalue weighted by molar-refractivity contribution is -0.193. The van der Waals surface area contributed by atoms with Gasteiger partial charge in [0.2, 0.25) is 0 Å². The minimum Gasteiger partial charge on any atom is -0.486 e. The number of pyridine rings is 1. The second-order valence-electron chi connectivity index (χ2n) is 8.18. The summed E-state index contributed by atoms with van der Waals surface area (Å²) in [6.45, 7) is 3.67. The minimum absolute atomic E-state index is 0.0607. The van der Waals surface area contributed by atoms with Crippen molar-refractivity contribution in [3.05, 3.63) is 48.7 Å². The SMILES string of the molecule is O=C(O)C(F)(F)F.O=C(O)C(F)(F)F.c1cncc(OC2COC3(CCCN(Cc4ccoc4)C3)C2)c1. The van der Waals surface area contributed by atoms with Crippen molar-refractivity contribution in [2.24, 2.45) is 0 Å². The van der Waals surface area contributed by atoms with Gasteiger partial charge in [0.25, 0.3) is 0 Å². The molecule has 206 valence electrons. The molecule has 2 aromatic rings. The van der Waals surface area contributed by atoms with E-state index in [1.165, 1.54) is 5.56 Å². The second kappa shape index (κ2) is 12.8. The number of halogens is 6. The van der Waals surface area contributed by atoms with E-state index >= 15 is 0 Å². The minimum atomic E-state index is -5.08. The predicted octanol–water partition coefficient (Wildman–Crippen LogP) is 4.14. The lowest BCUT2D eigenvalue weighted by atomic mass is 9.89. The van der Waals surface area contributed by atoms with Gasteiger partial charge in [-0.1, -0.05) is 0 Å². The van der Waals surface area contributed by atoms with Crippen molar-refractivity contribution in [3.8, 4) is 5.75 Å². The zero-order valence-electron chi connectivity index (χ0n) is 19.2. The molecule has 2 atom stereocenters. The van der Waals surface area contributed by atoms with Gasteiger partial charge in [0.05, 0.1) is 30.9 Å². The van der Waals surface area contributed by atoms with Crippen LogP contribution < -0.4 is 4.74 Å². The van der Waals surface area contributed by atoms with E-state index < -0.39 is 24.3 Å². The molecule has 2 N–H and O–H groups in total. The van der Waals surface area contributed by atoms with Crippen LogP contribution in [0.3, 0.4) is 0 Å². The standard InChI is InChI=1S/C18H22N2O3.2C2HF3O2/c1-3-16(10-19-6-1)23-17-9-18(22-13-17)5-2-7-20(14-18)11-15-4-8-21-12-15;2*3-2(4,5)1(6)7/h1,3-4,6,8,10,12,17H,2,5,7,9,11,13-14H2;2*(H,6,7). The number of rotatable bonds is 4. The van der Waals surface area contributed by atoms with Crippen LogP contribution in [0.15, 0.2) is 47.5 Å². The van der Waals surface area contributed by atoms with Gasteiger partial charge in [-0.3, -0.25) is 9.88 Å². The molecule has 9 nitrogen and oxygen atoms in total. The van der Waals surface area contributed by atoms with E-state index in [2.05, 4.69) is 9.88 Å². The van der Waals surface area contributed by atoms with Crippen LogP contribution in [0.25, 0.3) is 0 Å². The Morgan fingerprint density at radius 2 is 1.78 bits per heavy atom. The third-order valence-corrected chi connectivity index (χ3v) is 5.20. The average Bonchev–Trinajstić information content (AvgIpc) is 3.44. The number of nitrogens with zero attached hydrogens (tertiary/aromatic N) is 2. The Labute approximate surface area is 206 Å². The smallest absolute Gasteiger partial charge is 0.486 e. The van der Waals surface area contributed by atoms with Gasteiger partial charge >= 0.3 is 24.3 Å². The number of aromatic nitrogens is 1. The first-order valence-corrected chi connectivity index (χ1v) is 10.7. The number of ether oxygens (including phenoxy) is 2. The zero-order chi connectivity index (χ0) is 27.7. The van der Waals surface area contributed by atoms with E-state index in [1.807, 2.05) is 24.5 Å². The Hall–Kier alpha value is -3.33. The van der Waals surface area contributed by atoms with Crippen LogP contribution in [0.4, 0.5) is 26.3 Å². The molecule has 0 aliphatic carbocycles. The van der Waals surface area contributed by atoms with Crippen LogP contribution >= 0.6 is 0 Å². The lowest BCUT2D eigenvalue weighted by Gasteiger charge is -2.39. The summed E-state index contributed by atoms with van der Waals surface area (Å²) < 4.78 is 80.9. The van der Waals surface area contributed by atoms with Gasteiger partial charge in [0.15, 0.2) is 0 Å². The summed E-state index contributed by atoms with van der Waals surface area (Å²) in [6, 6.07) is 5.88. The number of hydrogen-bond donors (Lipinski definition) is 2. The quantitative estimate of drug-likeness (QED) is 0.549. The highest BCUT2D eigenvalue weighted by molar-refractivity contribution is 5.73. The molecule has 2 aliphatic heterocycles. The first-order valence-electron chi connectivity index (χ1n) is 10.7. The van der Waals surface area contributed by atoms with E-state index in [9.17, 15) is 26.3 Å². The molecule has 2 saturated heterocycles. The number of furan rings is 1. The molecular formula is C22H24F6N2O7. The molecule has 0 bridgehead atoms. The summed E-state index contributed by atoms with van der Waals surface area (Å²) in [5, 5.41) is 14.2. The van der Waals surface area contributed by atoms with Crippen molar-refractivity contribution in [1.82, 2.24) is 9.88 Å². The fourth-order valence-electron chi connectivity index (χ4n) is 3.74. The maximum Gasteiger partial charge on any atom is 0.490 e. The summed E-state index contributed by atoms with van der Waals surface area (Å²) in [4.78, 5) is 24.4. The van der Waals surface area contributed by atoms with E-state index in [-0.39, 0.29) is 11.7 Å². The third kappa shape index (κ3) is 10.3. The van der Waals surface area contributed by atoms with E-state index in [1.54, 1.807) is 18.7 Å². The van der Waals surface area contributed by atoms with Gasteiger partial charge in [-0.25, -0.2) is 9.59 Å². The second-order valence-corrected chi connectivity index (χ2v) is 8.18. The molecule has 2 unspecified atom stereocenters. The summed E-state index contributed by atoms with van der Waals surface area (Å²) in [7, 11) is 0. The summed E-state index contributed by atoms with van der Waals surface area (Å²) in [5.41, 5.74) is 1.16. The highest BCUT2D eigenvalue weighted by atomic mass is 19.4. The zero-order valence-corrected chi connectivity index (χ0v) is 19.2. The van der Waals surface area contributed by atoms with Crippen molar-refractivity contribution < 1.29 is 60.0 Å². The third-order valence-electron chi connectivity index (χ3n) is 5.20. The molecule has 4 rings (SSSR count). The van der Waals surface area contributed by atoms with Gasteiger partial charge in [0.1, 0.15) is 11.9 Å². The Kier molecular flexibility index (Phi) is 10.3. The number of hydrogen-bond acceptors (Lipinski definition) is 7. The molecule has 0 amide bonds. The van der Waals surface area contributed by atoms with Crippen molar-refractivity contribution in [2.75, 3.05) is 19.7 Å². The van der Waals surface area contributed by atoms with Crippen molar-refractivity contribution in [1.29, 1.82) is 0 Å². The molecule has 0 radical (unpaired) electrons. The monoisotopic (exact) mass is 542 g/mol. The normalized spacial score (nSPS) is 21.8. The molecule has 15 heteroatoms. The van der Waals surface area contributed by atoms with Crippen LogP contribution in [0.1, 0.15) is 24.8 Å². The van der Waals surface area contributed by atoms with Crippen LogP contribution in [0.2, 0.25) is 0 Å². The molecule has 2 fully saturated rings. The van der Waals surface area contributed by atoms with Crippen LogP contribution in [-0.2, 0) is 20.9 Å². The number of carbonyl (C=O) groups is 2. The fraction of sp³-hybridized carbons (Fsp3) is 0.500. The summed E-state index contributed by atoms with van der Waals surface area (Å²) in [6.07, 6.45) is 0.256. The Morgan fingerprint density at radius 1 is 1.14 bits per heavy atom. The Morgan fingerprint density at radius 3 is 2.30 bits per heavy atom. The summed E-state index contributed by atoms with van der Waals surface area (Å²) >= 11 is 0. The highest BCUT2D eigenvalue weighted by Gasteiger charge is 2.44. The molecule has 0 saturated carbocycles. The van der Waals surface area contributed by atoms with Crippen LogP contribution in [0.5, 0.6) is 5.75 Å². The van der Waals surface area contributed by atoms with Gasteiger partial charge in [0, 0.05) is 31.3 Å². The molecule has 2 aromatic heterocycles. The number of likely N-dealkylation sites (tertiary alicyclic amines) is 1. The van der Waals surface area contributed by atoms with Crippen molar-refractivity contribution in [2.45, 2.75) is 49.9 Å². The van der Waals surface area contributed by atoms with Gasteiger partial charge < -0.3 is 24.1 Å². The first-order chi connectivity index (χ1) is 17.2. The Bertz CT molecular complexity index is 962. The van der Waals surface area contributed by atoms with Crippen LogP contribution in [0, 0.1) is 0 Å². The summed E-state index contributed by atoms with van der Waals surface area (Å²) in [5.74, 6) is -4.69. The largest absolute Gasteiger partial charge is 0.490 e. The number of aliphatic carboxylic acids is 2.